The lowest BCUT2D eigenvalue weighted by atomic mass is 9.70. The van der Waals surface area contributed by atoms with Crippen LogP contribution < -0.4 is 5.73 Å². The lowest BCUT2D eigenvalue weighted by Gasteiger charge is -2.33. The molecular weight excluding hydrogens is 226 g/mol. The minimum Gasteiger partial charge on any atom is -0.481 e. The summed E-state index contributed by atoms with van der Waals surface area (Å²) >= 11 is 0. The van der Waals surface area contributed by atoms with Gasteiger partial charge < -0.3 is 10.8 Å². The van der Waals surface area contributed by atoms with Crippen molar-refractivity contribution in [3.05, 3.63) is 35.4 Å². The first-order valence-electron chi connectivity index (χ1n) is 6.60. The summed E-state index contributed by atoms with van der Waals surface area (Å²) in [7, 11) is 0. The summed E-state index contributed by atoms with van der Waals surface area (Å²) in [6, 6.07) is 8.11. The number of rotatable bonds is 4. The van der Waals surface area contributed by atoms with Crippen LogP contribution in [0.15, 0.2) is 24.3 Å². The van der Waals surface area contributed by atoms with Crippen LogP contribution in [0.2, 0.25) is 0 Å². The average molecular weight is 247 g/mol. The number of nitrogens with two attached hydrogens (primary N) is 1. The molecule has 0 spiro atoms. The fourth-order valence-corrected chi connectivity index (χ4v) is 3.20. The van der Waals surface area contributed by atoms with Crippen LogP contribution in [0, 0.1) is 12.3 Å². The molecule has 0 heterocycles. The number of aryl methyl sites for hydroxylation is 1. The van der Waals surface area contributed by atoms with Crippen LogP contribution in [0.1, 0.15) is 42.7 Å². The molecule has 1 fully saturated rings. The molecule has 0 amide bonds. The van der Waals surface area contributed by atoms with Crippen molar-refractivity contribution in [1.29, 1.82) is 0 Å². The van der Waals surface area contributed by atoms with Crippen LogP contribution in [0.3, 0.4) is 0 Å². The summed E-state index contributed by atoms with van der Waals surface area (Å²) in [6.07, 6.45) is 3.49. The molecule has 0 aliphatic heterocycles. The normalized spacial score (nSPS) is 19.7. The van der Waals surface area contributed by atoms with Crippen molar-refractivity contribution in [2.24, 2.45) is 11.1 Å². The van der Waals surface area contributed by atoms with Crippen LogP contribution >= 0.6 is 0 Å². The molecule has 18 heavy (non-hydrogen) atoms. The predicted octanol–water partition coefficient (Wildman–Crippen LogP) is 2.68. The molecule has 1 aliphatic carbocycles. The average Bonchev–Trinajstić information content (AvgIpc) is 2.83. The highest BCUT2D eigenvalue weighted by atomic mass is 16.4. The van der Waals surface area contributed by atoms with Crippen molar-refractivity contribution in [1.82, 2.24) is 0 Å². The fourth-order valence-electron chi connectivity index (χ4n) is 3.20. The Morgan fingerprint density at radius 1 is 1.33 bits per heavy atom. The van der Waals surface area contributed by atoms with Gasteiger partial charge in [-0.05, 0) is 25.3 Å². The third-order valence-electron chi connectivity index (χ3n) is 4.30. The van der Waals surface area contributed by atoms with Crippen LogP contribution in [0.4, 0.5) is 0 Å². The van der Waals surface area contributed by atoms with E-state index in [2.05, 4.69) is 0 Å². The number of carboxylic acid groups (broad SMARTS) is 1. The van der Waals surface area contributed by atoms with Crippen molar-refractivity contribution < 1.29 is 9.90 Å². The Kier molecular flexibility index (Phi) is 3.71. The van der Waals surface area contributed by atoms with Gasteiger partial charge in [0, 0.05) is 12.5 Å². The molecule has 1 aliphatic rings. The summed E-state index contributed by atoms with van der Waals surface area (Å²) in [6.45, 7) is 2.43. The van der Waals surface area contributed by atoms with Gasteiger partial charge in [-0.1, -0.05) is 42.7 Å². The molecule has 3 heteroatoms. The number of hydrogen-bond donors (Lipinski definition) is 2. The zero-order chi connectivity index (χ0) is 13.2. The molecule has 1 aromatic carbocycles. The number of hydrogen-bond acceptors (Lipinski definition) is 2. The van der Waals surface area contributed by atoms with E-state index in [0.29, 0.717) is 6.54 Å². The summed E-state index contributed by atoms with van der Waals surface area (Å²) in [4.78, 5) is 11.7. The standard InChI is InChI=1S/C15H21NO2/c1-11-4-6-12(7-5-11)13(10-16)15(14(17)18)8-2-3-9-15/h4-7,13H,2-3,8-10,16H2,1H3,(H,17,18). The molecule has 3 nitrogen and oxygen atoms in total. The molecule has 98 valence electrons. The van der Waals surface area contributed by atoms with Gasteiger partial charge in [-0.2, -0.15) is 0 Å². The van der Waals surface area contributed by atoms with E-state index in [-0.39, 0.29) is 5.92 Å². The molecule has 0 radical (unpaired) electrons. The van der Waals surface area contributed by atoms with Crippen molar-refractivity contribution in [3.63, 3.8) is 0 Å². The Morgan fingerprint density at radius 2 is 1.89 bits per heavy atom. The Labute approximate surface area is 108 Å². The molecule has 1 saturated carbocycles. The van der Waals surface area contributed by atoms with E-state index in [9.17, 15) is 9.90 Å². The zero-order valence-electron chi connectivity index (χ0n) is 10.9. The maximum atomic E-state index is 11.7. The topological polar surface area (TPSA) is 63.3 Å². The van der Waals surface area contributed by atoms with Gasteiger partial charge in [0.2, 0.25) is 0 Å². The van der Waals surface area contributed by atoms with E-state index in [1.54, 1.807) is 0 Å². The van der Waals surface area contributed by atoms with Gasteiger partial charge in [-0.15, -0.1) is 0 Å². The molecule has 1 unspecified atom stereocenters. The van der Waals surface area contributed by atoms with Gasteiger partial charge in [0.05, 0.1) is 5.41 Å². The number of carbonyl (C=O) groups is 1. The van der Waals surface area contributed by atoms with E-state index in [0.717, 1.165) is 31.2 Å². The van der Waals surface area contributed by atoms with E-state index >= 15 is 0 Å². The first-order chi connectivity index (χ1) is 8.60. The molecule has 1 aromatic rings. The van der Waals surface area contributed by atoms with Crippen molar-refractivity contribution in [2.45, 2.75) is 38.5 Å². The lowest BCUT2D eigenvalue weighted by molar-refractivity contribution is -0.150. The summed E-state index contributed by atoms with van der Waals surface area (Å²) in [5.41, 5.74) is 7.48. The van der Waals surface area contributed by atoms with Gasteiger partial charge >= 0.3 is 5.97 Å². The first kappa shape index (κ1) is 13.1. The van der Waals surface area contributed by atoms with Crippen molar-refractivity contribution in [2.75, 3.05) is 6.54 Å². The smallest absolute Gasteiger partial charge is 0.310 e. The second-order valence-corrected chi connectivity index (χ2v) is 5.37. The molecule has 0 aromatic heterocycles. The van der Waals surface area contributed by atoms with Gasteiger partial charge in [-0.3, -0.25) is 4.79 Å². The largest absolute Gasteiger partial charge is 0.481 e. The number of benzene rings is 1. The first-order valence-corrected chi connectivity index (χ1v) is 6.60. The summed E-state index contributed by atoms with van der Waals surface area (Å²) in [5.74, 6) is -0.755. The predicted molar refractivity (Wildman–Crippen MR) is 71.5 cm³/mol. The number of aliphatic carboxylic acids is 1. The Bertz CT molecular complexity index is 419. The third kappa shape index (κ3) is 2.15. The van der Waals surface area contributed by atoms with Crippen LogP contribution in [-0.2, 0) is 4.79 Å². The lowest BCUT2D eigenvalue weighted by Crippen LogP contribution is -2.38. The maximum Gasteiger partial charge on any atom is 0.310 e. The fraction of sp³-hybridized carbons (Fsp3) is 0.533. The number of carboxylic acids is 1. The zero-order valence-corrected chi connectivity index (χ0v) is 10.9. The molecule has 3 N–H and O–H groups in total. The van der Waals surface area contributed by atoms with Gasteiger partial charge in [-0.25, -0.2) is 0 Å². The third-order valence-corrected chi connectivity index (χ3v) is 4.30. The van der Waals surface area contributed by atoms with E-state index in [1.807, 2.05) is 31.2 Å². The van der Waals surface area contributed by atoms with Gasteiger partial charge in [0.25, 0.3) is 0 Å². The maximum absolute atomic E-state index is 11.7. The van der Waals surface area contributed by atoms with Crippen molar-refractivity contribution >= 4 is 5.97 Å². The molecular formula is C15H21NO2. The summed E-state index contributed by atoms with van der Waals surface area (Å²) in [5, 5.41) is 9.63. The summed E-state index contributed by atoms with van der Waals surface area (Å²) < 4.78 is 0. The second kappa shape index (κ2) is 5.11. The Hall–Kier alpha value is -1.35. The SMILES string of the molecule is Cc1ccc(C(CN)C2(C(=O)O)CCCC2)cc1. The Morgan fingerprint density at radius 3 is 2.33 bits per heavy atom. The van der Waals surface area contributed by atoms with Gasteiger partial charge in [0.1, 0.15) is 0 Å². The minimum absolute atomic E-state index is 0.0712. The second-order valence-electron chi connectivity index (χ2n) is 5.37. The van der Waals surface area contributed by atoms with Gasteiger partial charge in [0.15, 0.2) is 0 Å². The minimum atomic E-state index is -0.684. The monoisotopic (exact) mass is 247 g/mol. The highest BCUT2D eigenvalue weighted by Crippen LogP contribution is 2.48. The Balaban J connectivity index is 2.37. The van der Waals surface area contributed by atoms with Crippen LogP contribution in [-0.4, -0.2) is 17.6 Å². The molecule has 1 atom stereocenters. The molecule has 0 saturated heterocycles. The molecule has 2 rings (SSSR count). The quantitative estimate of drug-likeness (QED) is 0.859. The van der Waals surface area contributed by atoms with E-state index in [4.69, 9.17) is 5.73 Å². The van der Waals surface area contributed by atoms with Crippen molar-refractivity contribution in [3.8, 4) is 0 Å². The highest BCUT2D eigenvalue weighted by molar-refractivity contribution is 5.76. The molecule has 0 bridgehead atoms. The van der Waals surface area contributed by atoms with E-state index < -0.39 is 11.4 Å². The van der Waals surface area contributed by atoms with E-state index in [1.165, 1.54) is 5.56 Å². The van der Waals surface area contributed by atoms with Crippen LogP contribution in [0.5, 0.6) is 0 Å². The van der Waals surface area contributed by atoms with Crippen LogP contribution in [0.25, 0.3) is 0 Å². The highest BCUT2D eigenvalue weighted by Gasteiger charge is 2.47.